The summed E-state index contributed by atoms with van der Waals surface area (Å²) >= 11 is 6.11. The molecule has 0 radical (unpaired) electrons. The maximum atomic E-state index is 12.9. The first-order valence-corrected chi connectivity index (χ1v) is 10.9. The van der Waals surface area contributed by atoms with E-state index in [0.29, 0.717) is 27.4 Å². The predicted molar refractivity (Wildman–Crippen MR) is 117 cm³/mol. The number of H-pyrrole nitrogens is 1. The zero-order valence-electron chi connectivity index (χ0n) is 16.5. The van der Waals surface area contributed by atoms with Gasteiger partial charge in [-0.3, -0.25) is 14.8 Å². The Balaban J connectivity index is 1.89. The number of aromatic nitrogens is 2. The van der Waals surface area contributed by atoms with Gasteiger partial charge >= 0.3 is 0 Å². The molecular weight excluding hydrogens is 426 g/mol. The lowest BCUT2D eigenvalue weighted by Crippen LogP contribution is -2.33. The Hall–Kier alpha value is -2.72. The highest BCUT2D eigenvalue weighted by Crippen LogP contribution is 2.29. The summed E-state index contributed by atoms with van der Waals surface area (Å²) in [7, 11) is -0.332. The molecule has 0 aliphatic heterocycles. The highest BCUT2D eigenvalue weighted by molar-refractivity contribution is 7.89. The number of nitrogens with zero attached hydrogens (tertiary/aromatic N) is 2. The fourth-order valence-corrected chi connectivity index (χ4v) is 4.31. The molecule has 0 aliphatic rings. The molecule has 30 heavy (non-hydrogen) atoms. The largest absolute Gasteiger partial charge is 0.326 e. The quantitative estimate of drug-likeness (QED) is 0.460. The lowest BCUT2D eigenvalue weighted by molar-refractivity contribution is -0.115. The number of sulfonamides is 1. The molecule has 0 saturated carbocycles. The molecule has 158 valence electrons. The predicted octanol–water partition coefficient (Wildman–Crippen LogP) is 2.71. The Morgan fingerprint density at radius 3 is 2.63 bits per heavy atom. The molecule has 1 heterocycles. The summed E-state index contributed by atoms with van der Waals surface area (Å²) in [6, 6.07) is 11.8. The highest BCUT2D eigenvalue weighted by Gasteiger charge is 2.21. The van der Waals surface area contributed by atoms with Crippen molar-refractivity contribution in [3.05, 3.63) is 65.4 Å². The number of aromatic amines is 1. The average molecular weight is 448 g/mol. The van der Waals surface area contributed by atoms with Gasteiger partial charge in [0.15, 0.2) is 0 Å². The standard InChI is InChI=1S/C20H22ClN5O3S/c1-26(2)13-24-30(28,29)19-10-16(7-8-17(19)15-11-22-23-12-15)25-20(27)9-14-5-3-4-6-18(14)21/h3-8,10-12,24H,9,13H2,1-2H3,(H,22,23)(H,25,27). The van der Waals surface area contributed by atoms with Crippen molar-refractivity contribution in [2.45, 2.75) is 11.3 Å². The first-order chi connectivity index (χ1) is 14.3. The second-order valence-electron chi connectivity index (χ2n) is 6.90. The number of hydrogen-bond donors (Lipinski definition) is 3. The van der Waals surface area contributed by atoms with Crippen LogP contribution >= 0.6 is 11.6 Å². The lowest BCUT2D eigenvalue weighted by atomic mass is 10.1. The maximum absolute atomic E-state index is 12.9. The molecule has 3 rings (SSSR count). The number of carbonyl (C=O) groups is 1. The van der Waals surface area contributed by atoms with Gasteiger partial charge in [0, 0.05) is 28.0 Å². The van der Waals surface area contributed by atoms with Crippen LogP contribution in [0.15, 0.2) is 59.8 Å². The Morgan fingerprint density at radius 1 is 1.20 bits per heavy atom. The summed E-state index contributed by atoms with van der Waals surface area (Å²) in [4.78, 5) is 14.2. The molecule has 1 amide bonds. The monoisotopic (exact) mass is 447 g/mol. The second kappa shape index (κ2) is 9.40. The van der Waals surface area contributed by atoms with Crippen molar-refractivity contribution in [2.24, 2.45) is 0 Å². The first-order valence-electron chi connectivity index (χ1n) is 9.07. The molecule has 3 aromatic rings. The molecule has 1 aromatic heterocycles. The van der Waals surface area contributed by atoms with Crippen LogP contribution in [0.4, 0.5) is 5.69 Å². The summed E-state index contributed by atoms with van der Waals surface area (Å²) in [6.45, 7) is 0.135. The Morgan fingerprint density at radius 2 is 1.97 bits per heavy atom. The number of halogens is 1. The van der Waals surface area contributed by atoms with Crippen molar-refractivity contribution in [2.75, 3.05) is 26.1 Å². The van der Waals surface area contributed by atoms with E-state index in [9.17, 15) is 13.2 Å². The highest BCUT2D eigenvalue weighted by atomic mass is 35.5. The minimum atomic E-state index is -3.84. The van der Waals surface area contributed by atoms with Gasteiger partial charge in [-0.05, 0) is 37.9 Å². The molecule has 0 fully saturated rings. The SMILES string of the molecule is CN(C)CNS(=O)(=O)c1cc(NC(=O)Cc2ccccc2Cl)ccc1-c1cn[nH]c1. The van der Waals surface area contributed by atoms with Crippen LogP contribution in [0, 0.1) is 0 Å². The smallest absolute Gasteiger partial charge is 0.242 e. The van der Waals surface area contributed by atoms with Crippen molar-refractivity contribution in [3.63, 3.8) is 0 Å². The van der Waals surface area contributed by atoms with E-state index in [4.69, 9.17) is 11.6 Å². The minimum Gasteiger partial charge on any atom is -0.326 e. The van der Waals surface area contributed by atoms with Crippen LogP contribution in [0.5, 0.6) is 0 Å². The van der Waals surface area contributed by atoms with E-state index < -0.39 is 10.0 Å². The van der Waals surface area contributed by atoms with Crippen LogP contribution in [-0.4, -0.2) is 50.2 Å². The Labute approximate surface area is 180 Å². The van der Waals surface area contributed by atoms with E-state index in [-0.39, 0.29) is 23.9 Å². The summed E-state index contributed by atoms with van der Waals surface area (Å²) in [6.07, 6.45) is 3.22. The molecule has 10 heteroatoms. The fraction of sp³-hybridized carbons (Fsp3) is 0.200. The summed E-state index contributed by atoms with van der Waals surface area (Å²) < 4.78 is 28.4. The van der Waals surface area contributed by atoms with Gasteiger partial charge in [0.2, 0.25) is 15.9 Å². The van der Waals surface area contributed by atoms with Gasteiger partial charge in [0.25, 0.3) is 0 Å². The summed E-state index contributed by atoms with van der Waals surface area (Å²) in [5.74, 6) is -0.302. The molecular formula is C20H22ClN5O3S. The molecule has 3 N–H and O–H groups in total. The minimum absolute atomic E-state index is 0.0429. The molecule has 0 spiro atoms. The van der Waals surface area contributed by atoms with Crippen LogP contribution in [0.2, 0.25) is 5.02 Å². The third kappa shape index (κ3) is 5.45. The van der Waals surface area contributed by atoms with E-state index in [2.05, 4.69) is 20.2 Å². The van der Waals surface area contributed by atoms with Crippen LogP contribution < -0.4 is 10.0 Å². The van der Waals surface area contributed by atoms with Gasteiger partial charge in [0.1, 0.15) is 0 Å². The number of nitrogens with one attached hydrogen (secondary N) is 3. The topological polar surface area (TPSA) is 107 Å². The maximum Gasteiger partial charge on any atom is 0.242 e. The Bertz CT molecular complexity index is 1130. The number of carbonyl (C=O) groups excluding carboxylic acids is 1. The van der Waals surface area contributed by atoms with Crippen LogP contribution in [-0.2, 0) is 21.2 Å². The van der Waals surface area contributed by atoms with Gasteiger partial charge in [-0.1, -0.05) is 35.9 Å². The fourth-order valence-electron chi connectivity index (χ4n) is 2.77. The molecule has 0 bridgehead atoms. The second-order valence-corrected chi connectivity index (χ2v) is 9.04. The van der Waals surface area contributed by atoms with Crippen molar-refractivity contribution in [1.29, 1.82) is 0 Å². The third-order valence-electron chi connectivity index (χ3n) is 4.24. The van der Waals surface area contributed by atoms with Crippen LogP contribution in [0.1, 0.15) is 5.56 Å². The third-order valence-corrected chi connectivity index (χ3v) is 6.04. The first kappa shape index (κ1) is 22.0. The zero-order valence-corrected chi connectivity index (χ0v) is 18.1. The van der Waals surface area contributed by atoms with Gasteiger partial charge in [-0.25, -0.2) is 8.42 Å². The number of rotatable bonds is 8. The normalized spacial score (nSPS) is 11.6. The zero-order chi connectivity index (χ0) is 21.7. The summed E-state index contributed by atoms with van der Waals surface area (Å²) in [5, 5.41) is 9.81. The molecule has 2 aromatic carbocycles. The van der Waals surface area contributed by atoms with Gasteiger partial charge in [-0.2, -0.15) is 9.82 Å². The van der Waals surface area contributed by atoms with Gasteiger partial charge < -0.3 is 5.32 Å². The van der Waals surface area contributed by atoms with E-state index in [1.54, 1.807) is 61.6 Å². The van der Waals surface area contributed by atoms with Crippen molar-refractivity contribution in [1.82, 2.24) is 19.8 Å². The summed E-state index contributed by atoms with van der Waals surface area (Å²) in [5.41, 5.74) is 2.14. The number of amides is 1. The number of hydrogen-bond acceptors (Lipinski definition) is 5. The Kier molecular flexibility index (Phi) is 6.88. The molecule has 0 unspecified atom stereocenters. The molecule has 0 saturated heterocycles. The van der Waals surface area contributed by atoms with Gasteiger partial charge in [0.05, 0.1) is 24.2 Å². The van der Waals surface area contributed by atoms with Crippen LogP contribution in [0.25, 0.3) is 11.1 Å². The van der Waals surface area contributed by atoms with Crippen molar-refractivity contribution in [3.8, 4) is 11.1 Å². The number of benzene rings is 2. The molecule has 8 nitrogen and oxygen atoms in total. The average Bonchev–Trinajstić information content (AvgIpc) is 3.23. The van der Waals surface area contributed by atoms with E-state index in [0.717, 1.165) is 0 Å². The van der Waals surface area contributed by atoms with Crippen molar-refractivity contribution < 1.29 is 13.2 Å². The van der Waals surface area contributed by atoms with Crippen LogP contribution in [0.3, 0.4) is 0 Å². The molecule has 0 atom stereocenters. The van der Waals surface area contributed by atoms with Gasteiger partial charge in [-0.15, -0.1) is 0 Å². The number of anilines is 1. The van der Waals surface area contributed by atoms with E-state index >= 15 is 0 Å². The van der Waals surface area contributed by atoms with E-state index in [1.807, 2.05) is 0 Å². The lowest BCUT2D eigenvalue weighted by Gasteiger charge is -2.15. The van der Waals surface area contributed by atoms with E-state index in [1.165, 1.54) is 12.3 Å². The molecule has 0 aliphatic carbocycles. The van der Waals surface area contributed by atoms with Crippen molar-refractivity contribution >= 4 is 33.2 Å².